The van der Waals surface area contributed by atoms with Gasteiger partial charge in [0.25, 0.3) is 0 Å². The van der Waals surface area contributed by atoms with Crippen molar-refractivity contribution in [2.45, 2.75) is 37.9 Å². The van der Waals surface area contributed by atoms with E-state index < -0.39 is 6.10 Å². The van der Waals surface area contributed by atoms with Crippen LogP contribution in [0.2, 0.25) is 0 Å². The van der Waals surface area contributed by atoms with Crippen molar-refractivity contribution >= 4 is 16.8 Å². The standard InChI is InChI=1S/C23H24F2N2O3/c24-15-5-3-14(4-6-15)23-17(18-12-16(25)7-9-19(18)27-23)8-10-22(29)26-13-20(28)21-2-1-11-30-21/h3-7,9,12,20-21,27-28H,1-2,8,10-11,13H2,(H,26,29). The normalized spacial score (nSPS) is 17.4. The predicted octanol–water partition coefficient (Wildman–Crippen LogP) is 3.70. The summed E-state index contributed by atoms with van der Waals surface area (Å²) >= 11 is 0. The van der Waals surface area contributed by atoms with Crippen LogP contribution in [0.3, 0.4) is 0 Å². The largest absolute Gasteiger partial charge is 0.389 e. The molecule has 0 bridgehead atoms. The van der Waals surface area contributed by atoms with Gasteiger partial charge in [-0.1, -0.05) is 0 Å². The number of nitrogens with one attached hydrogen (secondary N) is 2. The molecule has 0 radical (unpaired) electrons. The summed E-state index contributed by atoms with van der Waals surface area (Å²) in [5.41, 5.74) is 3.05. The topological polar surface area (TPSA) is 74.4 Å². The average Bonchev–Trinajstić information content (AvgIpc) is 3.39. The van der Waals surface area contributed by atoms with E-state index in [9.17, 15) is 18.7 Å². The van der Waals surface area contributed by atoms with Crippen molar-refractivity contribution < 1.29 is 23.4 Å². The second kappa shape index (κ2) is 8.93. The number of rotatable bonds is 7. The van der Waals surface area contributed by atoms with Gasteiger partial charge >= 0.3 is 0 Å². The highest BCUT2D eigenvalue weighted by Crippen LogP contribution is 2.32. The summed E-state index contributed by atoms with van der Waals surface area (Å²) in [6.45, 7) is 0.774. The van der Waals surface area contributed by atoms with Crippen LogP contribution in [-0.4, -0.2) is 41.4 Å². The zero-order valence-corrected chi connectivity index (χ0v) is 16.5. The predicted molar refractivity (Wildman–Crippen MR) is 110 cm³/mol. The van der Waals surface area contributed by atoms with Crippen LogP contribution in [-0.2, 0) is 16.0 Å². The Balaban J connectivity index is 1.49. The molecule has 30 heavy (non-hydrogen) atoms. The smallest absolute Gasteiger partial charge is 0.220 e. The summed E-state index contributed by atoms with van der Waals surface area (Å²) in [4.78, 5) is 15.6. The maximum atomic E-state index is 13.9. The molecule has 1 aliphatic rings. The van der Waals surface area contributed by atoms with Crippen LogP contribution in [0.15, 0.2) is 42.5 Å². The number of aryl methyl sites for hydroxylation is 1. The highest BCUT2D eigenvalue weighted by Gasteiger charge is 2.24. The molecule has 4 rings (SSSR count). The third kappa shape index (κ3) is 4.52. The van der Waals surface area contributed by atoms with Crippen molar-refractivity contribution in [1.82, 2.24) is 10.3 Å². The van der Waals surface area contributed by atoms with E-state index in [2.05, 4.69) is 10.3 Å². The molecule has 1 aromatic heterocycles. The fourth-order valence-electron chi connectivity index (χ4n) is 3.93. The Morgan fingerprint density at radius 3 is 2.70 bits per heavy atom. The number of hydrogen-bond donors (Lipinski definition) is 3. The summed E-state index contributed by atoms with van der Waals surface area (Å²) in [6.07, 6.45) is 1.30. The number of fused-ring (bicyclic) bond motifs is 1. The molecule has 2 aromatic carbocycles. The van der Waals surface area contributed by atoms with Crippen molar-refractivity contribution in [2.24, 2.45) is 0 Å². The molecule has 1 aliphatic heterocycles. The lowest BCUT2D eigenvalue weighted by Crippen LogP contribution is -2.38. The lowest BCUT2D eigenvalue weighted by atomic mass is 10.0. The van der Waals surface area contributed by atoms with E-state index in [4.69, 9.17) is 4.74 Å². The highest BCUT2D eigenvalue weighted by atomic mass is 19.1. The van der Waals surface area contributed by atoms with E-state index in [-0.39, 0.29) is 36.6 Å². The van der Waals surface area contributed by atoms with Gasteiger partial charge in [-0.25, -0.2) is 8.78 Å². The number of carbonyl (C=O) groups excluding carboxylic acids is 1. The SMILES string of the molecule is O=C(CCc1c(-c2ccc(F)cc2)[nH]c2ccc(F)cc12)NCC(O)C1CCCO1. The van der Waals surface area contributed by atoms with E-state index in [1.165, 1.54) is 24.3 Å². The van der Waals surface area contributed by atoms with Gasteiger partial charge in [0.05, 0.1) is 12.2 Å². The molecule has 0 saturated carbocycles. The van der Waals surface area contributed by atoms with E-state index >= 15 is 0 Å². The van der Waals surface area contributed by atoms with Crippen molar-refractivity contribution in [3.05, 3.63) is 59.7 Å². The number of halogens is 2. The van der Waals surface area contributed by atoms with E-state index in [1.54, 1.807) is 18.2 Å². The molecule has 2 unspecified atom stereocenters. The second-order valence-electron chi connectivity index (χ2n) is 7.60. The molecule has 3 aromatic rings. The number of aliphatic hydroxyl groups is 1. The molecule has 2 heterocycles. The maximum Gasteiger partial charge on any atom is 0.220 e. The molecule has 5 nitrogen and oxygen atoms in total. The molecule has 1 saturated heterocycles. The van der Waals surface area contributed by atoms with Crippen LogP contribution < -0.4 is 5.32 Å². The molecule has 0 aliphatic carbocycles. The van der Waals surface area contributed by atoms with Crippen LogP contribution in [0.25, 0.3) is 22.2 Å². The van der Waals surface area contributed by atoms with Gasteiger partial charge in [-0.05, 0) is 72.9 Å². The van der Waals surface area contributed by atoms with Crippen LogP contribution in [0, 0.1) is 11.6 Å². The van der Waals surface area contributed by atoms with Crippen molar-refractivity contribution in [1.29, 1.82) is 0 Å². The lowest BCUT2D eigenvalue weighted by Gasteiger charge is -2.17. The number of benzene rings is 2. The zero-order valence-electron chi connectivity index (χ0n) is 16.5. The average molecular weight is 414 g/mol. The number of amides is 1. The van der Waals surface area contributed by atoms with Gasteiger partial charge in [0.15, 0.2) is 0 Å². The molecule has 1 fully saturated rings. The number of aromatic nitrogens is 1. The Kier molecular flexibility index (Phi) is 6.11. The van der Waals surface area contributed by atoms with Gasteiger partial charge in [-0.2, -0.15) is 0 Å². The summed E-state index contributed by atoms with van der Waals surface area (Å²) in [6, 6.07) is 10.5. The minimum atomic E-state index is -0.728. The van der Waals surface area contributed by atoms with Gasteiger partial charge in [-0.3, -0.25) is 4.79 Å². The number of aromatic amines is 1. The van der Waals surface area contributed by atoms with Crippen molar-refractivity contribution in [3.63, 3.8) is 0 Å². The zero-order chi connectivity index (χ0) is 21.1. The van der Waals surface area contributed by atoms with Gasteiger partial charge < -0.3 is 20.1 Å². The Bertz CT molecular complexity index is 1030. The van der Waals surface area contributed by atoms with E-state index in [0.29, 0.717) is 18.4 Å². The van der Waals surface area contributed by atoms with E-state index in [0.717, 1.165) is 35.2 Å². The van der Waals surface area contributed by atoms with Gasteiger partial charge in [-0.15, -0.1) is 0 Å². The summed E-state index contributed by atoms with van der Waals surface area (Å²) in [7, 11) is 0. The number of carbonyl (C=O) groups is 1. The Labute approximate surface area is 173 Å². The van der Waals surface area contributed by atoms with Crippen LogP contribution >= 0.6 is 0 Å². The molecule has 1 amide bonds. The summed E-state index contributed by atoms with van der Waals surface area (Å²) in [5, 5.41) is 13.6. The van der Waals surface area contributed by atoms with Gasteiger partial charge in [0.2, 0.25) is 5.91 Å². The fourth-order valence-corrected chi connectivity index (χ4v) is 3.93. The molecular weight excluding hydrogens is 390 g/mol. The Hall–Kier alpha value is -2.77. The number of aliphatic hydroxyl groups excluding tert-OH is 1. The second-order valence-corrected chi connectivity index (χ2v) is 7.60. The van der Waals surface area contributed by atoms with Crippen molar-refractivity contribution in [3.8, 4) is 11.3 Å². The number of ether oxygens (including phenoxy) is 1. The Morgan fingerprint density at radius 1 is 1.20 bits per heavy atom. The molecule has 0 spiro atoms. The highest BCUT2D eigenvalue weighted by molar-refractivity contribution is 5.91. The molecule has 2 atom stereocenters. The third-order valence-electron chi connectivity index (χ3n) is 5.51. The van der Waals surface area contributed by atoms with Crippen LogP contribution in [0.5, 0.6) is 0 Å². The minimum Gasteiger partial charge on any atom is -0.389 e. The van der Waals surface area contributed by atoms with E-state index in [1.807, 2.05) is 0 Å². The summed E-state index contributed by atoms with van der Waals surface area (Å²) < 4.78 is 32.6. The van der Waals surface area contributed by atoms with Crippen molar-refractivity contribution in [2.75, 3.05) is 13.2 Å². The van der Waals surface area contributed by atoms with Crippen LogP contribution in [0.1, 0.15) is 24.8 Å². The van der Waals surface area contributed by atoms with Gasteiger partial charge in [0.1, 0.15) is 11.6 Å². The first-order chi connectivity index (χ1) is 14.5. The third-order valence-corrected chi connectivity index (χ3v) is 5.51. The van der Waals surface area contributed by atoms with Crippen LogP contribution in [0.4, 0.5) is 8.78 Å². The number of hydrogen-bond acceptors (Lipinski definition) is 3. The molecule has 7 heteroatoms. The van der Waals surface area contributed by atoms with Gasteiger partial charge in [0, 0.05) is 36.2 Å². The molecule has 3 N–H and O–H groups in total. The summed E-state index contributed by atoms with van der Waals surface area (Å²) in [5.74, 6) is -0.910. The first-order valence-corrected chi connectivity index (χ1v) is 10.1. The molecular formula is C23H24F2N2O3. The minimum absolute atomic E-state index is 0.136. The monoisotopic (exact) mass is 414 g/mol. The quantitative estimate of drug-likeness (QED) is 0.552. The fraction of sp³-hybridized carbons (Fsp3) is 0.348. The first kappa shape index (κ1) is 20.5. The molecule has 158 valence electrons. The first-order valence-electron chi connectivity index (χ1n) is 10.1. The number of H-pyrrole nitrogens is 1. The maximum absolute atomic E-state index is 13.9. The lowest BCUT2D eigenvalue weighted by molar-refractivity contribution is -0.122. The Morgan fingerprint density at radius 2 is 1.97 bits per heavy atom.